The molecule has 4 nitrogen and oxygen atoms in total. The highest BCUT2D eigenvalue weighted by Crippen LogP contribution is 2.16. The second kappa shape index (κ2) is 5.77. The minimum atomic E-state index is -0.479. The number of aromatic nitrogens is 2. The Labute approximate surface area is 109 Å². The van der Waals surface area contributed by atoms with Gasteiger partial charge in [0.2, 0.25) is 0 Å². The summed E-state index contributed by atoms with van der Waals surface area (Å²) < 4.78 is 18.8. The van der Waals surface area contributed by atoms with E-state index in [1.165, 1.54) is 0 Å². The van der Waals surface area contributed by atoms with Gasteiger partial charge in [0, 0.05) is 10.9 Å². The van der Waals surface area contributed by atoms with Crippen molar-refractivity contribution in [2.75, 3.05) is 5.32 Å². The Bertz CT molecular complexity index is 502. The number of anilines is 1. The van der Waals surface area contributed by atoms with Crippen LogP contribution in [0.2, 0.25) is 0 Å². The van der Waals surface area contributed by atoms with Crippen molar-refractivity contribution in [3.8, 4) is 6.01 Å². The summed E-state index contributed by atoms with van der Waals surface area (Å²) in [4.78, 5) is 8.87. The van der Waals surface area contributed by atoms with Crippen LogP contribution < -0.4 is 10.1 Å². The molecule has 0 saturated heterocycles. The minimum Gasteiger partial charge on any atom is -0.458 e. The quantitative estimate of drug-likeness (QED) is 0.904. The second-order valence-corrected chi connectivity index (χ2v) is 5.05. The first-order valence-corrected chi connectivity index (χ1v) is 6.47. The van der Waals surface area contributed by atoms with E-state index in [1.54, 1.807) is 11.3 Å². The van der Waals surface area contributed by atoms with Gasteiger partial charge in [-0.1, -0.05) is 6.07 Å². The van der Waals surface area contributed by atoms with E-state index in [-0.39, 0.29) is 17.9 Å². The van der Waals surface area contributed by atoms with E-state index in [9.17, 15) is 4.39 Å². The zero-order valence-corrected chi connectivity index (χ0v) is 11.0. The van der Waals surface area contributed by atoms with Gasteiger partial charge in [0.15, 0.2) is 11.6 Å². The second-order valence-electron chi connectivity index (χ2n) is 4.02. The number of hydrogen-bond donors (Lipinski definition) is 1. The molecule has 2 aromatic rings. The van der Waals surface area contributed by atoms with Crippen molar-refractivity contribution in [1.29, 1.82) is 0 Å². The average Bonchev–Trinajstić information content (AvgIpc) is 2.82. The van der Waals surface area contributed by atoms with E-state index in [4.69, 9.17) is 4.74 Å². The lowest BCUT2D eigenvalue weighted by molar-refractivity contribution is 0.283. The molecule has 0 unspecified atom stereocenters. The van der Waals surface area contributed by atoms with Crippen LogP contribution >= 0.6 is 11.3 Å². The van der Waals surface area contributed by atoms with Gasteiger partial charge in [-0.15, -0.1) is 11.3 Å². The Morgan fingerprint density at radius 1 is 1.50 bits per heavy atom. The first-order chi connectivity index (χ1) is 8.65. The highest BCUT2D eigenvalue weighted by atomic mass is 32.1. The van der Waals surface area contributed by atoms with Crippen LogP contribution in [0.15, 0.2) is 23.7 Å². The molecule has 1 N–H and O–H groups in total. The summed E-state index contributed by atoms with van der Waals surface area (Å²) >= 11 is 1.59. The molecule has 0 aliphatic rings. The first kappa shape index (κ1) is 12.8. The summed E-state index contributed by atoms with van der Waals surface area (Å²) in [5.41, 5.74) is 0. The van der Waals surface area contributed by atoms with Crippen molar-refractivity contribution in [3.63, 3.8) is 0 Å². The Kier molecular flexibility index (Phi) is 4.09. The van der Waals surface area contributed by atoms with E-state index < -0.39 is 5.82 Å². The molecule has 2 rings (SSSR count). The highest BCUT2D eigenvalue weighted by molar-refractivity contribution is 7.09. The number of ether oxygens (including phenoxy) is 1. The van der Waals surface area contributed by atoms with E-state index in [0.29, 0.717) is 6.61 Å². The van der Waals surface area contributed by atoms with Crippen LogP contribution in [0, 0.1) is 5.82 Å². The third-order valence-electron chi connectivity index (χ3n) is 2.07. The molecule has 0 spiro atoms. The molecule has 0 amide bonds. The number of halogens is 1. The molecule has 18 heavy (non-hydrogen) atoms. The van der Waals surface area contributed by atoms with Crippen LogP contribution in [0.3, 0.4) is 0 Å². The van der Waals surface area contributed by atoms with Gasteiger partial charge in [0.1, 0.15) is 6.61 Å². The summed E-state index contributed by atoms with van der Waals surface area (Å²) in [6.07, 6.45) is 1.11. The standard InChI is InChI=1S/C12H14FN3OS/c1-8(2)15-11-10(13)6-14-12(16-11)17-7-9-4-3-5-18-9/h3-6,8H,7H2,1-2H3,(H,14,15,16). The van der Waals surface area contributed by atoms with Crippen LogP contribution in [-0.2, 0) is 6.61 Å². The average molecular weight is 267 g/mol. The van der Waals surface area contributed by atoms with Crippen molar-refractivity contribution < 1.29 is 9.13 Å². The molecule has 2 aromatic heterocycles. The van der Waals surface area contributed by atoms with Gasteiger partial charge in [-0.05, 0) is 25.3 Å². The number of hydrogen-bond acceptors (Lipinski definition) is 5. The molecular formula is C12H14FN3OS. The Hall–Kier alpha value is -1.69. The third kappa shape index (κ3) is 3.40. The van der Waals surface area contributed by atoms with Gasteiger partial charge in [-0.2, -0.15) is 4.98 Å². The molecular weight excluding hydrogens is 253 g/mol. The molecule has 0 saturated carbocycles. The van der Waals surface area contributed by atoms with E-state index in [2.05, 4.69) is 15.3 Å². The number of nitrogens with zero attached hydrogens (tertiary/aromatic N) is 2. The van der Waals surface area contributed by atoms with Crippen molar-refractivity contribution in [2.45, 2.75) is 26.5 Å². The maximum atomic E-state index is 13.4. The summed E-state index contributed by atoms with van der Waals surface area (Å²) in [7, 11) is 0. The molecule has 96 valence electrons. The van der Waals surface area contributed by atoms with Crippen molar-refractivity contribution in [1.82, 2.24) is 9.97 Å². The summed E-state index contributed by atoms with van der Waals surface area (Å²) in [5.74, 6) is -0.312. The fourth-order valence-corrected chi connectivity index (χ4v) is 1.94. The van der Waals surface area contributed by atoms with Gasteiger partial charge in [-0.25, -0.2) is 9.37 Å². The Balaban J connectivity index is 2.04. The van der Waals surface area contributed by atoms with Crippen LogP contribution in [-0.4, -0.2) is 16.0 Å². The molecule has 0 atom stereocenters. The fraction of sp³-hybridized carbons (Fsp3) is 0.333. The van der Waals surface area contributed by atoms with Crippen LogP contribution in [0.4, 0.5) is 10.2 Å². The molecule has 6 heteroatoms. The Morgan fingerprint density at radius 3 is 3.00 bits per heavy atom. The SMILES string of the molecule is CC(C)Nc1nc(OCc2cccs2)ncc1F. The number of thiophene rings is 1. The lowest BCUT2D eigenvalue weighted by Crippen LogP contribution is -2.13. The molecule has 0 radical (unpaired) electrons. The molecule has 0 aliphatic heterocycles. The summed E-state index contributed by atoms with van der Waals surface area (Å²) in [6, 6.07) is 4.18. The summed E-state index contributed by atoms with van der Waals surface area (Å²) in [5, 5.41) is 4.87. The third-order valence-corrected chi connectivity index (χ3v) is 2.92. The normalized spacial score (nSPS) is 10.7. The smallest absolute Gasteiger partial charge is 0.318 e. The largest absolute Gasteiger partial charge is 0.458 e. The number of rotatable bonds is 5. The van der Waals surface area contributed by atoms with E-state index in [1.807, 2.05) is 31.4 Å². The Morgan fingerprint density at radius 2 is 2.33 bits per heavy atom. The van der Waals surface area contributed by atoms with Gasteiger partial charge in [0.05, 0.1) is 6.20 Å². The predicted molar refractivity (Wildman–Crippen MR) is 69.4 cm³/mol. The number of nitrogens with one attached hydrogen (secondary N) is 1. The minimum absolute atomic E-state index is 0.0968. The zero-order chi connectivity index (χ0) is 13.0. The fourth-order valence-electron chi connectivity index (χ4n) is 1.33. The van der Waals surface area contributed by atoms with E-state index in [0.717, 1.165) is 11.1 Å². The van der Waals surface area contributed by atoms with Gasteiger partial charge < -0.3 is 10.1 Å². The lowest BCUT2D eigenvalue weighted by Gasteiger charge is -2.10. The molecule has 0 fully saturated rings. The van der Waals surface area contributed by atoms with Crippen LogP contribution in [0.5, 0.6) is 6.01 Å². The highest BCUT2D eigenvalue weighted by Gasteiger charge is 2.09. The molecule has 0 aromatic carbocycles. The maximum Gasteiger partial charge on any atom is 0.318 e. The maximum absolute atomic E-state index is 13.4. The van der Waals surface area contributed by atoms with Crippen molar-refractivity contribution >= 4 is 17.2 Å². The van der Waals surface area contributed by atoms with E-state index >= 15 is 0 Å². The van der Waals surface area contributed by atoms with Crippen molar-refractivity contribution in [3.05, 3.63) is 34.4 Å². The van der Waals surface area contributed by atoms with Crippen molar-refractivity contribution in [2.24, 2.45) is 0 Å². The van der Waals surface area contributed by atoms with Gasteiger partial charge >= 0.3 is 6.01 Å². The van der Waals surface area contributed by atoms with Gasteiger partial charge in [-0.3, -0.25) is 0 Å². The molecule has 2 heterocycles. The molecule has 0 bridgehead atoms. The lowest BCUT2D eigenvalue weighted by atomic mass is 10.4. The predicted octanol–water partition coefficient (Wildman–Crippen LogP) is 3.08. The van der Waals surface area contributed by atoms with Gasteiger partial charge in [0.25, 0.3) is 0 Å². The summed E-state index contributed by atoms with van der Waals surface area (Å²) in [6.45, 7) is 4.21. The molecule has 0 aliphatic carbocycles. The zero-order valence-electron chi connectivity index (χ0n) is 10.2. The topological polar surface area (TPSA) is 47.0 Å². The van der Waals surface area contributed by atoms with Crippen LogP contribution in [0.25, 0.3) is 0 Å². The first-order valence-electron chi connectivity index (χ1n) is 5.59. The monoisotopic (exact) mass is 267 g/mol. The van der Waals surface area contributed by atoms with Crippen LogP contribution in [0.1, 0.15) is 18.7 Å².